The molecular formula is C21H20O5. The van der Waals surface area contributed by atoms with Crippen LogP contribution in [-0.2, 0) is 6.42 Å². The maximum atomic E-state index is 12.6. The van der Waals surface area contributed by atoms with Gasteiger partial charge in [0.05, 0.1) is 11.8 Å². The van der Waals surface area contributed by atoms with Crippen LogP contribution in [0.1, 0.15) is 47.5 Å². The van der Waals surface area contributed by atoms with Gasteiger partial charge in [-0.3, -0.25) is 0 Å². The highest BCUT2D eigenvalue weighted by Crippen LogP contribution is 2.47. The molecule has 1 aromatic carbocycles. The second-order valence-corrected chi connectivity index (χ2v) is 6.76. The predicted octanol–water partition coefficient (Wildman–Crippen LogP) is 3.76. The molecule has 1 aliphatic rings. The van der Waals surface area contributed by atoms with Crippen LogP contribution in [0.2, 0.25) is 0 Å². The molecule has 0 bridgehead atoms. The zero-order valence-corrected chi connectivity index (χ0v) is 14.2. The minimum Gasteiger partial charge on any atom is -0.507 e. The van der Waals surface area contributed by atoms with E-state index in [1.807, 2.05) is 30.3 Å². The number of furan rings is 1. The second-order valence-electron chi connectivity index (χ2n) is 6.76. The molecular weight excluding hydrogens is 332 g/mol. The van der Waals surface area contributed by atoms with Gasteiger partial charge in [0, 0.05) is 18.4 Å². The van der Waals surface area contributed by atoms with Crippen LogP contribution in [-0.4, -0.2) is 10.2 Å². The molecule has 1 saturated carbocycles. The van der Waals surface area contributed by atoms with Gasteiger partial charge in [-0.15, -0.1) is 0 Å². The number of hydrogen-bond donors (Lipinski definition) is 2. The molecule has 1 aliphatic carbocycles. The Kier molecular flexibility index (Phi) is 4.39. The van der Waals surface area contributed by atoms with Crippen LogP contribution in [0.3, 0.4) is 0 Å². The van der Waals surface area contributed by atoms with Crippen LogP contribution in [0.15, 0.2) is 68.4 Å². The van der Waals surface area contributed by atoms with Gasteiger partial charge in [0.2, 0.25) is 0 Å². The van der Waals surface area contributed by atoms with Crippen molar-refractivity contribution in [3.8, 4) is 5.75 Å². The molecule has 3 aromatic rings. The van der Waals surface area contributed by atoms with E-state index in [4.69, 9.17) is 8.83 Å². The molecule has 2 aromatic heterocycles. The first-order valence-electron chi connectivity index (χ1n) is 8.76. The third-order valence-electron chi connectivity index (χ3n) is 4.85. The highest BCUT2D eigenvalue weighted by atomic mass is 16.4. The average Bonchev–Trinajstić information content (AvgIpc) is 3.30. The van der Waals surface area contributed by atoms with Gasteiger partial charge in [0.1, 0.15) is 23.4 Å². The summed E-state index contributed by atoms with van der Waals surface area (Å²) in [6.07, 6.45) is 2.63. The van der Waals surface area contributed by atoms with Gasteiger partial charge in [-0.25, -0.2) is 4.79 Å². The summed E-state index contributed by atoms with van der Waals surface area (Å²) in [7, 11) is 0. The Balaban J connectivity index is 1.66. The van der Waals surface area contributed by atoms with Crippen molar-refractivity contribution in [1.82, 2.24) is 0 Å². The first-order valence-corrected chi connectivity index (χ1v) is 8.76. The van der Waals surface area contributed by atoms with Crippen LogP contribution in [0.4, 0.5) is 0 Å². The molecule has 2 heterocycles. The first kappa shape index (κ1) is 16.7. The molecule has 0 saturated heterocycles. The molecule has 2 unspecified atom stereocenters. The fraction of sp³-hybridized carbons (Fsp3) is 0.286. The summed E-state index contributed by atoms with van der Waals surface area (Å²) in [5.41, 5.74) is 0.753. The normalized spacial score (nSPS) is 16.3. The molecule has 5 nitrogen and oxygen atoms in total. The van der Waals surface area contributed by atoms with Crippen molar-refractivity contribution in [2.24, 2.45) is 5.92 Å². The van der Waals surface area contributed by atoms with Gasteiger partial charge < -0.3 is 19.0 Å². The molecule has 0 amide bonds. The van der Waals surface area contributed by atoms with E-state index in [0.29, 0.717) is 17.2 Å². The van der Waals surface area contributed by atoms with Crippen LogP contribution in [0, 0.1) is 5.92 Å². The molecule has 134 valence electrons. The molecule has 26 heavy (non-hydrogen) atoms. The summed E-state index contributed by atoms with van der Waals surface area (Å²) < 4.78 is 10.6. The zero-order chi connectivity index (χ0) is 18.1. The molecule has 2 atom stereocenters. The van der Waals surface area contributed by atoms with Crippen molar-refractivity contribution < 1.29 is 19.0 Å². The van der Waals surface area contributed by atoms with Crippen molar-refractivity contribution >= 4 is 0 Å². The molecule has 0 radical (unpaired) electrons. The van der Waals surface area contributed by atoms with E-state index < -0.39 is 11.7 Å². The van der Waals surface area contributed by atoms with Crippen LogP contribution in [0.5, 0.6) is 5.75 Å². The fourth-order valence-corrected chi connectivity index (χ4v) is 3.46. The number of aliphatic hydroxyl groups is 1. The summed E-state index contributed by atoms with van der Waals surface area (Å²) in [4.78, 5) is 12.6. The third-order valence-corrected chi connectivity index (χ3v) is 4.85. The van der Waals surface area contributed by atoms with Gasteiger partial charge in [0.25, 0.3) is 0 Å². The summed E-state index contributed by atoms with van der Waals surface area (Å²) in [5.74, 6) is 0.699. The van der Waals surface area contributed by atoms with Gasteiger partial charge in [0.15, 0.2) is 0 Å². The van der Waals surface area contributed by atoms with E-state index >= 15 is 0 Å². The van der Waals surface area contributed by atoms with E-state index in [1.54, 1.807) is 12.1 Å². The molecule has 0 spiro atoms. The summed E-state index contributed by atoms with van der Waals surface area (Å²) in [6.45, 7) is 0. The minimum atomic E-state index is -0.938. The van der Waals surface area contributed by atoms with E-state index in [9.17, 15) is 15.0 Å². The van der Waals surface area contributed by atoms with Crippen LogP contribution in [0.25, 0.3) is 0 Å². The largest absolute Gasteiger partial charge is 0.507 e. The maximum absolute atomic E-state index is 12.6. The van der Waals surface area contributed by atoms with E-state index in [2.05, 4.69) is 0 Å². The minimum absolute atomic E-state index is 0.0516. The van der Waals surface area contributed by atoms with Crippen molar-refractivity contribution in [2.75, 3.05) is 0 Å². The molecule has 4 rings (SSSR count). The zero-order valence-electron chi connectivity index (χ0n) is 14.2. The molecule has 2 N–H and O–H groups in total. The Labute approximate surface area is 150 Å². The average molecular weight is 352 g/mol. The topological polar surface area (TPSA) is 83.8 Å². The maximum Gasteiger partial charge on any atom is 0.343 e. The first-order chi connectivity index (χ1) is 12.6. The molecule has 0 aliphatic heterocycles. The number of benzene rings is 1. The second kappa shape index (κ2) is 6.84. The van der Waals surface area contributed by atoms with Crippen molar-refractivity contribution in [3.05, 3.63) is 87.9 Å². The lowest BCUT2D eigenvalue weighted by atomic mass is 9.87. The third kappa shape index (κ3) is 3.30. The highest BCUT2D eigenvalue weighted by molar-refractivity contribution is 5.41. The van der Waals surface area contributed by atoms with E-state index in [1.165, 1.54) is 12.3 Å². The van der Waals surface area contributed by atoms with Crippen molar-refractivity contribution in [2.45, 2.75) is 31.3 Å². The Hall–Kier alpha value is -2.79. The fourth-order valence-electron chi connectivity index (χ4n) is 3.46. The Morgan fingerprint density at radius 3 is 2.50 bits per heavy atom. The Morgan fingerprint density at radius 2 is 1.88 bits per heavy atom. The van der Waals surface area contributed by atoms with Crippen LogP contribution < -0.4 is 5.63 Å². The number of aliphatic hydroxyl groups excluding tert-OH is 1. The quantitative estimate of drug-likeness (QED) is 0.706. The lowest BCUT2D eigenvalue weighted by molar-refractivity contribution is 0.142. The number of hydrogen-bond acceptors (Lipinski definition) is 5. The van der Waals surface area contributed by atoms with Crippen molar-refractivity contribution in [3.63, 3.8) is 0 Å². The van der Waals surface area contributed by atoms with Gasteiger partial charge in [-0.2, -0.15) is 0 Å². The van der Waals surface area contributed by atoms with Gasteiger partial charge in [-0.1, -0.05) is 30.3 Å². The Bertz CT molecular complexity index is 923. The smallest absolute Gasteiger partial charge is 0.343 e. The lowest BCUT2D eigenvalue weighted by Crippen LogP contribution is -2.17. The summed E-state index contributed by atoms with van der Waals surface area (Å²) >= 11 is 0. The standard InChI is InChI=1S/C21H20O5/c22-16(18-7-4-10-25-18)11-15-12-17(23)20(21(24)26-15)19(14-8-9-14)13-5-2-1-3-6-13/h1-7,10,12,14,16,19,22-23H,8-9,11H2. The number of rotatable bonds is 6. The predicted molar refractivity (Wildman–Crippen MR) is 95.0 cm³/mol. The summed E-state index contributed by atoms with van der Waals surface area (Å²) in [5, 5.41) is 20.7. The molecule has 1 fully saturated rings. The number of aromatic hydroxyl groups is 1. The lowest BCUT2D eigenvalue weighted by Gasteiger charge is -2.18. The summed E-state index contributed by atoms with van der Waals surface area (Å²) in [6, 6.07) is 14.5. The van der Waals surface area contributed by atoms with Crippen molar-refractivity contribution in [1.29, 1.82) is 0 Å². The molecule has 5 heteroatoms. The van der Waals surface area contributed by atoms with Crippen LogP contribution >= 0.6 is 0 Å². The van der Waals surface area contributed by atoms with E-state index in [-0.39, 0.29) is 23.8 Å². The van der Waals surface area contributed by atoms with E-state index in [0.717, 1.165) is 18.4 Å². The SMILES string of the molecule is O=c1oc(CC(O)c2ccco2)cc(O)c1C(c1ccccc1)C1CC1. The van der Waals surface area contributed by atoms with Gasteiger partial charge in [-0.05, 0) is 36.5 Å². The highest BCUT2D eigenvalue weighted by Gasteiger charge is 2.37. The Morgan fingerprint density at radius 1 is 1.12 bits per heavy atom. The monoisotopic (exact) mass is 352 g/mol. The van der Waals surface area contributed by atoms with Gasteiger partial charge >= 0.3 is 5.63 Å².